The minimum Gasteiger partial charge on any atom is -0.368 e. The Morgan fingerprint density at radius 1 is 1.47 bits per heavy atom. The number of thiol groups is 1. The van der Waals surface area contributed by atoms with E-state index in [1.54, 1.807) is 14.0 Å². The maximum Gasteiger partial charge on any atom is 0.239 e. The van der Waals surface area contributed by atoms with Gasteiger partial charge in [-0.2, -0.15) is 12.6 Å². The predicted octanol–water partition coefficient (Wildman–Crippen LogP) is 0.807. The summed E-state index contributed by atoms with van der Waals surface area (Å²) in [7, 11) is 1.59. The Balaban J connectivity index is 4.17. The minimum atomic E-state index is -0.555. The molecule has 0 heterocycles. The second kappa shape index (κ2) is 5.39. The quantitative estimate of drug-likeness (QED) is 0.689. The SMILES string of the molecule is C[C@@H](C(N)=O)N(C)C(=O)CCC(C)(C)S. The number of nitrogens with zero attached hydrogens (tertiary/aromatic N) is 1. The van der Waals surface area contributed by atoms with Crippen molar-refractivity contribution in [2.45, 2.75) is 44.4 Å². The van der Waals surface area contributed by atoms with E-state index in [1.807, 2.05) is 13.8 Å². The largest absolute Gasteiger partial charge is 0.368 e. The average Bonchev–Trinajstić information content (AvgIpc) is 2.10. The van der Waals surface area contributed by atoms with Gasteiger partial charge in [0.15, 0.2) is 0 Å². The van der Waals surface area contributed by atoms with Crippen molar-refractivity contribution < 1.29 is 9.59 Å². The summed E-state index contributed by atoms with van der Waals surface area (Å²) in [5.41, 5.74) is 5.11. The summed E-state index contributed by atoms with van der Waals surface area (Å²) in [6, 6.07) is -0.555. The van der Waals surface area contributed by atoms with E-state index in [9.17, 15) is 9.59 Å². The molecule has 0 aliphatic heterocycles. The molecule has 0 radical (unpaired) electrons. The van der Waals surface area contributed by atoms with Crippen molar-refractivity contribution in [3.05, 3.63) is 0 Å². The van der Waals surface area contributed by atoms with Crippen molar-refractivity contribution >= 4 is 24.4 Å². The molecule has 0 aliphatic carbocycles. The van der Waals surface area contributed by atoms with E-state index in [-0.39, 0.29) is 10.7 Å². The number of nitrogens with two attached hydrogens (primary N) is 1. The lowest BCUT2D eigenvalue weighted by molar-refractivity contribution is -0.137. The van der Waals surface area contributed by atoms with Gasteiger partial charge in [0.05, 0.1) is 0 Å². The van der Waals surface area contributed by atoms with Crippen LogP contribution in [0, 0.1) is 0 Å². The molecule has 0 aliphatic rings. The van der Waals surface area contributed by atoms with E-state index < -0.39 is 11.9 Å². The van der Waals surface area contributed by atoms with Crippen LogP contribution in [-0.4, -0.2) is 34.6 Å². The van der Waals surface area contributed by atoms with E-state index in [4.69, 9.17) is 5.73 Å². The van der Waals surface area contributed by atoms with E-state index >= 15 is 0 Å². The number of hydrogen-bond donors (Lipinski definition) is 2. The lowest BCUT2D eigenvalue weighted by atomic mass is 10.1. The van der Waals surface area contributed by atoms with Crippen molar-refractivity contribution in [3.8, 4) is 0 Å². The smallest absolute Gasteiger partial charge is 0.239 e. The van der Waals surface area contributed by atoms with Gasteiger partial charge >= 0.3 is 0 Å². The first kappa shape index (κ1) is 14.3. The van der Waals surface area contributed by atoms with Crippen molar-refractivity contribution in [1.82, 2.24) is 4.90 Å². The van der Waals surface area contributed by atoms with Crippen molar-refractivity contribution in [3.63, 3.8) is 0 Å². The fourth-order valence-electron chi connectivity index (χ4n) is 0.996. The molecule has 15 heavy (non-hydrogen) atoms. The summed E-state index contributed by atoms with van der Waals surface area (Å²) in [5.74, 6) is -0.570. The number of likely N-dealkylation sites (N-methyl/N-ethyl adjacent to an activating group) is 1. The Kier molecular flexibility index (Phi) is 5.14. The molecule has 2 N–H and O–H groups in total. The first-order chi connectivity index (χ1) is 6.65. The van der Waals surface area contributed by atoms with Gasteiger partial charge in [-0.1, -0.05) is 13.8 Å². The van der Waals surface area contributed by atoms with Crippen LogP contribution in [0.4, 0.5) is 0 Å². The first-order valence-electron chi connectivity index (χ1n) is 4.92. The third kappa shape index (κ3) is 5.67. The van der Waals surface area contributed by atoms with Crippen LogP contribution < -0.4 is 5.73 Å². The maximum absolute atomic E-state index is 11.6. The molecule has 0 rings (SSSR count). The van der Waals surface area contributed by atoms with Gasteiger partial charge < -0.3 is 10.6 Å². The Hall–Kier alpha value is -0.710. The highest BCUT2D eigenvalue weighted by atomic mass is 32.1. The lowest BCUT2D eigenvalue weighted by Crippen LogP contribution is -2.43. The zero-order valence-corrected chi connectivity index (χ0v) is 10.7. The molecule has 88 valence electrons. The fraction of sp³-hybridized carbons (Fsp3) is 0.800. The third-order valence-corrected chi connectivity index (χ3v) is 2.56. The van der Waals surface area contributed by atoms with Crippen molar-refractivity contribution in [2.24, 2.45) is 5.73 Å². The van der Waals surface area contributed by atoms with Gasteiger partial charge in [0, 0.05) is 18.2 Å². The lowest BCUT2D eigenvalue weighted by Gasteiger charge is -2.24. The molecule has 0 fully saturated rings. The van der Waals surface area contributed by atoms with E-state index in [0.29, 0.717) is 12.8 Å². The van der Waals surface area contributed by atoms with E-state index in [0.717, 1.165) is 0 Å². The maximum atomic E-state index is 11.6. The third-order valence-electron chi connectivity index (χ3n) is 2.34. The van der Waals surface area contributed by atoms with Gasteiger partial charge in [0.1, 0.15) is 6.04 Å². The molecule has 0 aromatic rings. The summed E-state index contributed by atoms with van der Waals surface area (Å²) >= 11 is 4.33. The highest BCUT2D eigenvalue weighted by molar-refractivity contribution is 7.81. The van der Waals surface area contributed by atoms with Crippen LogP contribution >= 0.6 is 12.6 Å². The Morgan fingerprint density at radius 3 is 2.27 bits per heavy atom. The summed E-state index contributed by atoms with van der Waals surface area (Å²) in [4.78, 5) is 23.9. The fourth-order valence-corrected chi connectivity index (χ4v) is 1.11. The van der Waals surface area contributed by atoms with Crippen LogP contribution in [0.2, 0.25) is 0 Å². The highest BCUT2D eigenvalue weighted by Crippen LogP contribution is 2.19. The van der Waals surface area contributed by atoms with Gasteiger partial charge in [-0.3, -0.25) is 9.59 Å². The van der Waals surface area contributed by atoms with Gasteiger partial charge in [0.25, 0.3) is 0 Å². The van der Waals surface area contributed by atoms with E-state index in [2.05, 4.69) is 12.6 Å². The molecule has 0 aromatic carbocycles. The molecule has 0 spiro atoms. The van der Waals surface area contributed by atoms with Crippen LogP contribution in [0.25, 0.3) is 0 Å². The molecule has 5 heteroatoms. The van der Waals surface area contributed by atoms with Gasteiger partial charge in [-0.05, 0) is 13.3 Å². The standard InChI is InChI=1S/C10H20N2O2S/c1-7(9(11)14)12(4)8(13)5-6-10(2,3)15/h7,15H,5-6H2,1-4H3,(H2,11,14)/t7-/m0/s1. The number of carbonyl (C=O) groups excluding carboxylic acids is 2. The van der Waals surface area contributed by atoms with Gasteiger partial charge in [0.2, 0.25) is 11.8 Å². The van der Waals surface area contributed by atoms with Crippen LogP contribution in [0.15, 0.2) is 0 Å². The first-order valence-corrected chi connectivity index (χ1v) is 5.37. The number of amides is 2. The van der Waals surface area contributed by atoms with Gasteiger partial charge in [-0.25, -0.2) is 0 Å². The summed E-state index contributed by atoms with van der Waals surface area (Å²) in [6.07, 6.45) is 1.05. The van der Waals surface area contributed by atoms with Crippen LogP contribution in [0.1, 0.15) is 33.6 Å². The highest BCUT2D eigenvalue weighted by Gasteiger charge is 2.21. The average molecular weight is 232 g/mol. The summed E-state index contributed by atoms with van der Waals surface area (Å²) in [5, 5.41) is 0. The zero-order valence-electron chi connectivity index (χ0n) is 9.78. The zero-order chi connectivity index (χ0) is 12.2. The van der Waals surface area contributed by atoms with Crippen LogP contribution in [-0.2, 0) is 9.59 Å². The van der Waals surface area contributed by atoms with Crippen molar-refractivity contribution in [1.29, 1.82) is 0 Å². The molecule has 4 nitrogen and oxygen atoms in total. The Morgan fingerprint density at radius 2 is 1.93 bits per heavy atom. The monoisotopic (exact) mass is 232 g/mol. The number of hydrogen-bond acceptors (Lipinski definition) is 3. The second-order valence-corrected chi connectivity index (χ2v) is 5.61. The predicted molar refractivity (Wildman–Crippen MR) is 63.7 cm³/mol. The molecular weight excluding hydrogens is 212 g/mol. The molecule has 0 saturated carbocycles. The molecule has 1 atom stereocenters. The van der Waals surface area contributed by atoms with Crippen molar-refractivity contribution in [2.75, 3.05) is 7.05 Å². The molecule has 0 saturated heterocycles. The molecule has 0 bridgehead atoms. The minimum absolute atomic E-state index is 0.0802. The molecule has 0 aromatic heterocycles. The molecule has 0 unspecified atom stereocenters. The summed E-state index contributed by atoms with van der Waals surface area (Å²) < 4.78 is -0.174. The summed E-state index contributed by atoms with van der Waals surface area (Å²) in [6.45, 7) is 5.51. The molecule has 2 amide bonds. The molecular formula is C10H20N2O2S. The normalized spacial score (nSPS) is 13.4. The van der Waals surface area contributed by atoms with E-state index in [1.165, 1.54) is 4.90 Å². The second-order valence-electron chi connectivity index (χ2n) is 4.40. The number of primary amides is 1. The number of rotatable bonds is 5. The Labute approximate surface area is 96.6 Å². The Bertz CT molecular complexity index is 248. The van der Waals surface area contributed by atoms with Gasteiger partial charge in [-0.15, -0.1) is 0 Å². The van der Waals surface area contributed by atoms with Crippen LogP contribution in [0.5, 0.6) is 0 Å². The number of carbonyl (C=O) groups is 2. The van der Waals surface area contributed by atoms with Crippen LogP contribution in [0.3, 0.4) is 0 Å². The topological polar surface area (TPSA) is 63.4 Å².